The van der Waals surface area contributed by atoms with Crippen LogP contribution >= 0.6 is 31.9 Å². The number of hydrogen-bond acceptors (Lipinski definition) is 11. The number of ether oxygens (including phenoxy) is 2. The van der Waals surface area contributed by atoms with Crippen molar-refractivity contribution in [1.29, 1.82) is 0 Å². The van der Waals surface area contributed by atoms with Gasteiger partial charge in [-0.1, -0.05) is 13.8 Å². The van der Waals surface area contributed by atoms with Crippen LogP contribution in [-0.2, 0) is 4.79 Å². The first-order valence-electron chi connectivity index (χ1n) is 9.41. The van der Waals surface area contributed by atoms with Crippen molar-refractivity contribution in [3.8, 4) is 11.8 Å². The Morgan fingerprint density at radius 3 is 1.88 bits per heavy atom. The fourth-order valence-corrected chi connectivity index (χ4v) is 2.46. The summed E-state index contributed by atoms with van der Waals surface area (Å²) in [6.45, 7) is 6.18. The minimum absolute atomic E-state index is 0.0473. The summed E-state index contributed by atoms with van der Waals surface area (Å²) in [5.74, 6) is -0.114. The standard InChI is InChI=1S/C9H12BrN3O3.C7H5BrN2O4.C2H7N/c1-2-11-3-4-16-9-8(13(14)15)5-7(10)6-12-9;8-5-3-6(10(12)13)7(9-4-5)14-2-1-11;1-2-3/h5-6,11H,2-4H2,1H3;1,3-4H,2H2;2-3H2,1H3. The smallest absolute Gasteiger partial charge is 0.332 e. The molecule has 33 heavy (non-hydrogen) atoms. The van der Waals surface area contributed by atoms with E-state index in [1.54, 1.807) is 0 Å². The van der Waals surface area contributed by atoms with Gasteiger partial charge in [0.25, 0.3) is 11.8 Å². The number of nitrogens with one attached hydrogen (secondary N) is 1. The highest BCUT2D eigenvalue weighted by atomic mass is 79.9. The summed E-state index contributed by atoms with van der Waals surface area (Å²) in [7, 11) is 0. The normalized spacial score (nSPS) is 9.48. The maximum absolute atomic E-state index is 10.7. The van der Waals surface area contributed by atoms with E-state index in [2.05, 4.69) is 47.1 Å². The summed E-state index contributed by atoms with van der Waals surface area (Å²) >= 11 is 6.16. The van der Waals surface area contributed by atoms with Gasteiger partial charge < -0.3 is 20.5 Å². The molecule has 182 valence electrons. The second kappa shape index (κ2) is 17.8. The topological polar surface area (TPSA) is 186 Å². The average Bonchev–Trinajstić information content (AvgIpc) is 2.77. The van der Waals surface area contributed by atoms with E-state index in [1.165, 1.54) is 24.5 Å². The number of nitrogens with zero attached hydrogens (tertiary/aromatic N) is 4. The lowest BCUT2D eigenvalue weighted by Crippen LogP contribution is -2.20. The van der Waals surface area contributed by atoms with Gasteiger partial charge in [0.1, 0.15) is 13.2 Å². The molecule has 0 aliphatic heterocycles. The van der Waals surface area contributed by atoms with E-state index < -0.39 is 9.85 Å². The molecule has 2 aromatic heterocycles. The van der Waals surface area contributed by atoms with E-state index in [0.29, 0.717) is 28.4 Å². The van der Waals surface area contributed by atoms with E-state index in [-0.39, 0.29) is 29.7 Å². The fourth-order valence-electron chi connectivity index (χ4n) is 1.83. The molecule has 2 aromatic rings. The number of hydrogen-bond donors (Lipinski definition) is 2. The summed E-state index contributed by atoms with van der Waals surface area (Å²) in [6, 6.07) is 2.63. The summed E-state index contributed by atoms with van der Waals surface area (Å²) in [5, 5.41) is 24.3. The highest BCUT2D eigenvalue weighted by Gasteiger charge is 2.18. The maximum atomic E-state index is 10.7. The van der Waals surface area contributed by atoms with Crippen LogP contribution < -0.4 is 20.5 Å². The van der Waals surface area contributed by atoms with Gasteiger partial charge in [0, 0.05) is 40.0 Å². The Morgan fingerprint density at radius 1 is 1.03 bits per heavy atom. The van der Waals surface area contributed by atoms with Gasteiger partial charge in [-0.2, -0.15) is 0 Å². The first-order valence-corrected chi connectivity index (χ1v) is 11.0. The Kier molecular flexibility index (Phi) is 16.3. The molecule has 0 fully saturated rings. The van der Waals surface area contributed by atoms with Crippen molar-refractivity contribution < 1.29 is 24.1 Å². The number of carbonyl (C=O) groups excluding carboxylic acids is 1. The molecule has 0 saturated heterocycles. The molecular weight excluding hydrogens is 572 g/mol. The van der Waals surface area contributed by atoms with Gasteiger partial charge in [-0.05, 0) is 44.9 Å². The number of nitro groups is 2. The van der Waals surface area contributed by atoms with Gasteiger partial charge >= 0.3 is 11.4 Å². The van der Waals surface area contributed by atoms with Crippen molar-refractivity contribution in [2.75, 3.05) is 32.8 Å². The first-order chi connectivity index (χ1) is 15.7. The summed E-state index contributed by atoms with van der Waals surface area (Å²) < 4.78 is 11.0. The lowest BCUT2D eigenvalue weighted by molar-refractivity contribution is -0.386. The van der Waals surface area contributed by atoms with Gasteiger partial charge in [-0.3, -0.25) is 25.0 Å². The average molecular weight is 596 g/mol. The third kappa shape index (κ3) is 12.8. The zero-order chi connectivity index (χ0) is 25.2. The van der Waals surface area contributed by atoms with Crippen LogP contribution in [-0.4, -0.2) is 58.9 Å². The van der Waals surface area contributed by atoms with E-state index in [1.807, 2.05) is 13.8 Å². The molecule has 0 aliphatic carbocycles. The highest BCUT2D eigenvalue weighted by Crippen LogP contribution is 2.27. The Hall–Kier alpha value is -2.75. The van der Waals surface area contributed by atoms with E-state index in [4.69, 9.17) is 15.2 Å². The Bertz CT molecular complexity index is 905. The minimum atomic E-state index is -0.627. The van der Waals surface area contributed by atoms with Gasteiger partial charge in [-0.15, -0.1) is 0 Å². The molecule has 0 spiro atoms. The molecule has 0 aromatic carbocycles. The van der Waals surface area contributed by atoms with Gasteiger partial charge in [-0.25, -0.2) is 9.97 Å². The van der Waals surface area contributed by atoms with Crippen LogP contribution in [0, 0.1) is 20.2 Å². The van der Waals surface area contributed by atoms with Gasteiger partial charge in [0.2, 0.25) is 0 Å². The van der Waals surface area contributed by atoms with Crippen LogP contribution in [0.5, 0.6) is 11.8 Å². The lowest BCUT2D eigenvalue weighted by atomic mass is 10.4. The van der Waals surface area contributed by atoms with Crippen molar-refractivity contribution in [2.24, 2.45) is 5.73 Å². The molecule has 0 radical (unpaired) electrons. The number of rotatable bonds is 10. The first kappa shape index (κ1) is 30.2. The molecular formula is C18H24Br2N6O7. The van der Waals surface area contributed by atoms with Crippen molar-refractivity contribution in [2.45, 2.75) is 13.8 Å². The summed E-state index contributed by atoms with van der Waals surface area (Å²) in [4.78, 5) is 37.6. The molecule has 2 rings (SSSR count). The van der Waals surface area contributed by atoms with E-state index >= 15 is 0 Å². The molecule has 0 unspecified atom stereocenters. The van der Waals surface area contributed by atoms with Crippen LogP contribution in [0.15, 0.2) is 33.5 Å². The van der Waals surface area contributed by atoms with E-state index in [9.17, 15) is 25.0 Å². The summed E-state index contributed by atoms with van der Waals surface area (Å²) in [6.07, 6.45) is 3.32. The van der Waals surface area contributed by atoms with Crippen molar-refractivity contribution >= 4 is 49.5 Å². The fraction of sp³-hybridized carbons (Fsp3) is 0.389. The second-order valence-corrected chi connectivity index (χ2v) is 7.39. The number of aldehydes is 1. The third-order valence-electron chi connectivity index (χ3n) is 3.05. The van der Waals surface area contributed by atoms with Crippen molar-refractivity contribution in [1.82, 2.24) is 15.3 Å². The number of nitrogens with two attached hydrogens (primary N) is 1. The zero-order valence-electron chi connectivity index (χ0n) is 17.9. The number of likely N-dealkylation sites (N-methyl/N-ethyl adjacent to an activating group) is 1. The SMILES string of the molecule is CCN.CCNCCOc1ncc(Br)cc1[N+](=O)[O-].O=CCOc1ncc(Br)cc1[N+](=O)[O-]. The largest absolute Gasteiger partial charge is 0.471 e. The zero-order valence-corrected chi connectivity index (χ0v) is 21.1. The molecule has 0 saturated carbocycles. The van der Waals surface area contributed by atoms with Gasteiger partial charge in [0.05, 0.1) is 9.85 Å². The number of pyridine rings is 2. The van der Waals surface area contributed by atoms with Crippen LogP contribution in [0.25, 0.3) is 0 Å². The van der Waals surface area contributed by atoms with Crippen molar-refractivity contribution in [3.05, 3.63) is 53.7 Å². The summed E-state index contributed by atoms with van der Waals surface area (Å²) in [5.41, 5.74) is 4.44. The Balaban J connectivity index is 0.000000558. The molecule has 3 N–H and O–H groups in total. The molecule has 0 bridgehead atoms. The Morgan fingerprint density at radius 2 is 1.48 bits per heavy atom. The van der Waals surface area contributed by atoms with Crippen LogP contribution in [0.2, 0.25) is 0 Å². The number of aromatic nitrogens is 2. The van der Waals surface area contributed by atoms with E-state index in [0.717, 1.165) is 13.1 Å². The Labute approximate surface area is 206 Å². The predicted octanol–water partition coefficient (Wildman–Crippen LogP) is 3.04. The molecule has 15 heteroatoms. The maximum Gasteiger partial charge on any atom is 0.332 e. The molecule has 2 heterocycles. The molecule has 13 nitrogen and oxygen atoms in total. The monoisotopic (exact) mass is 594 g/mol. The second-order valence-electron chi connectivity index (χ2n) is 5.56. The number of carbonyl (C=O) groups is 1. The molecule has 0 aliphatic rings. The van der Waals surface area contributed by atoms with Crippen LogP contribution in [0.3, 0.4) is 0 Å². The van der Waals surface area contributed by atoms with Gasteiger partial charge in [0.15, 0.2) is 6.29 Å². The van der Waals surface area contributed by atoms with Crippen LogP contribution in [0.4, 0.5) is 11.4 Å². The minimum Gasteiger partial charge on any atom is -0.471 e. The van der Waals surface area contributed by atoms with Crippen molar-refractivity contribution in [3.63, 3.8) is 0 Å². The highest BCUT2D eigenvalue weighted by molar-refractivity contribution is 9.10. The van der Waals surface area contributed by atoms with Crippen LogP contribution in [0.1, 0.15) is 13.8 Å². The molecule has 0 amide bonds. The lowest BCUT2D eigenvalue weighted by Gasteiger charge is -2.05. The molecule has 0 atom stereocenters. The quantitative estimate of drug-likeness (QED) is 0.178. The number of halogens is 2. The predicted molar refractivity (Wildman–Crippen MR) is 128 cm³/mol. The third-order valence-corrected chi connectivity index (χ3v) is 3.91.